The quantitative estimate of drug-likeness (QED) is 0.103. The number of methoxy groups -OCH3 is 1. The minimum absolute atomic E-state index is 0.0636. The van der Waals surface area contributed by atoms with Crippen LogP contribution in [0.3, 0.4) is 0 Å². The maximum Gasteiger partial charge on any atom is 0.328 e. The number of esters is 1. The largest absolute Gasteiger partial charge is 0.480 e. The molecule has 2 heterocycles. The molecule has 0 aliphatic rings. The molecule has 1 atom stereocenters. The van der Waals surface area contributed by atoms with Gasteiger partial charge in [0.05, 0.1) is 32.2 Å². The molecule has 4 aromatic carbocycles. The number of aromatic nitrogens is 3. The number of ether oxygens (including phenoxy) is 1. The first kappa shape index (κ1) is 33.9. The molecule has 1 amide bonds. The average molecular weight is 670 g/mol. The highest BCUT2D eigenvalue weighted by atomic mass is 16.5. The summed E-state index contributed by atoms with van der Waals surface area (Å²) in [6, 6.07) is 37.3. The van der Waals surface area contributed by atoms with Gasteiger partial charge in [-0.1, -0.05) is 109 Å². The van der Waals surface area contributed by atoms with E-state index in [1.807, 2.05) is 95.8 Å². The Balaban J connectivity index is 1.24. The molecule has 6 aromatic rings. The van der Waals surface area contributed by atoms with Gasteiger partial charge in [-0.25, -0.2) is 9.78 Å². The summed E-state index contributed by atoms with van der Waals surface area (Å²) in [7, 11) is 1.27. The Kier molecular flexibility index (Phi) is 10.5. The number of carboxylic acids is 1. The van der Waals surface area contributed by atoms with Crippen LogP contribution in [0.1, 0.15) is 27.9 Å². The van der Waals surface area contributed by atoms with Gasteiger partial charge in [-0.15, -0.1) is 0 Å². The number of aromatic amines is 1. The Morgan fingerprint density at radius 3 is 2.02 bits per heavy atom. The zero-order chi connectivity index (χ0) is 34.9. The van der Waals surface area contributed by atoms with E-state index in [0.29, 0.717) is 18.7 Å². The standard InChI is InChI=1S/C40H39N5O5/c1-50-39(49)36(43-37(46)26-44(27-38(47)48)22-21-29-24-41-35-20-12-11-19-34(29)35)23-33-25-45(28-42-33)40(30-13-5-2-6-14-30,31-15-7-3-8-16-31)32-17-9-4-10-18-32/h2-20,24-25,28,36,41H,21-23,26-27H2,1H3,(H,43,46)(H,47,48)/t36-/m0/s1. The summed E-state index contributed by atoms with van der Waals surface area (Å²) in [4.78, 5) is 47.6. The number of fused-ring (bicyclic) bond motifs is 1. The first-order chi connectivity index (χ1) is 24.4. The van der Waals surface area contributed by atoms with Crippen molar-refractivity contribution in [2.75, 3.05) is 26.7 Å². The van der Waals surface area contributed by atoms with Crippen LogP contribution in [0.4, 0.5) is 0 Å². The Hall–Kier alpha value is -6.00. The molecule has 3 N–H and O–H groups in total. The maximum absolute atomic E-state index is 13.4. The van der Waals surface area contributed by atoms with Crippen molar-refractivity contribution in [1.29, 1.82) is 0 Å². The normalized spacial score (nSPS) is 12.1. The maximum atomic E-state index is 13.4. The van der Waals surface area contributed by atoms with Crippen LogP contribution in [-0.2, 0) is 37.5 Å². The van der Waals surface area contributed by atoms with Gasteiger partial charge in [-0.3, -0.25) is 14.5 Å². The van der Waals surface area contributed by atoms with Gasteiger partial charge in [-0.05, 0) is 34.7 Å². The van der Waals surface area contributed by atoms with Crippen LogP contribution in [0, 0.1) is 0 Å². The third kappa shape index (κ3) is 7.35. The lowest BCUT2D eigenvalue weighted by Crippen LogP contribution is -2.48. The number of H-pyrrole nitrogens is 1. The van der Waals surface area contributed by atoms with Gasteiger partial charge in [0.1, 0.15) is 11.6 Å². The summed E-state index contributed by atoms with van der Waals surface area (Å²) in [5.41, 5.74) is 4.84. The molecule has 10 nitrogen and oxygen atoms in total. The third-order valence-corrected chi connectivity index (χ3v) is 8.93. The molecule has 0 aliphatic heterocycles. The molecule has 10 heteroatoms. The lowest BCUT2D eigenvalue weighted by molar-refractivity contribution is -0.145. The van der Waals surface area contributed by atoms with Crippen LogP contribution in [0.25, 0.3) is 10.9 Å². The van der Waals surface area contributed by atoms with E-state index in [1.165, 1.54) is 7.11 Å². The van der Waals surface area contributed by atoms with Crippen molar-refractivity contribution in [3.63, 3.8) is 0 Å². The fraction of sp³-hybridized carbons (Fsp3) is 0.200. The fourth-order valence-electron chi connectivity index (χ4n) is 6.65. The summed E-state index contributed by atoms with van der Waals surface area (Å²) >= 11 is 0. The molecule has 0 radical (unpaired) electrons. The van der Waals surface area contributed by atoms with Crippen molar-refractivity contribution in [2.45, 2.75) is 24.4 Å². The minimum atomic E-state index is -1.05. The zero-order valence-electron chi connectivity index (χ0n) is 27.7. The Bertz CT molecular complexity index is 1950. The number of imidazole rings is 1. The van der Waals surface area contributed by atoms with Crippen molar-refractivity contribution in [2.24, 2.45) is 0 Å². The van der Waals surface area contributed by atoms with Gasteiger partial charge in [0.2, 0.25) is 5.91 Å². The number of benzene rings is 4. The number of para-hydroxylation sites is 1. The number of nitrogens with zero attached hydrogens (tertiary/aromatic N) is 3. The predicted molar refractivity (Wildman–Crippen MR) is 191 cm³/mol. The van der Waals surface area contributed by atoms with Crippen LogP contribution < -0.4 is 5.32 Å². The van der Waals surface area contributed by atoms with Gasteiger partial charge in [0, 0.05) is 36.3 Å². The monoisotopic (exact) mass is 669 g/mol. The van der Waals surface area contributed by atoms with E-state index in [0.717, 1.165) is 33.2 Å². The van der Waals surface area contributed by atoms with E-state index >= 15 is 0 Å². The number of aliphatic carboxylic acids is 1. The van der Waals surface area contributed by atoms with Crippen molar-refractivity contribution in [3.8, 4) is 0 Å². The van der Waals surface area contributed by atoms with E-state index in [2.05, 4.69) is 46.7 Å². The second-order valence-electron chi connectivity index (χ2n) is 12.1. The molecule has 0 bridgehead atoms. The van der Waals surface area contributed by atoms with Gasteiger partial charge in [-0.2, -0.15) is 0 Å². The minimum Gasteiger partial charge on any atom is -0.480 e. The molecular weight excluding hydrogens is 630 g/mol. The number of hydrogen-bond donors (Lipinski definition) is 3. The fourth-order valence-corrected chi connectivity index (χ4v) is 6.65. The average Bonchev–Trinajstić information content (AvgIpc) is 3.79. The summed E-state index contributed by atoms with van der Waals surface area (Å²) in [6.45, 7) is -0.214. The molecule has 0 aliphatic carbocycles. The first-order valence-electron chi connectivity index (χ1n) is 16.4. The van der Waals surface area contributed by atoms with E-state index < -0.39 is 29.4 Å². The first-order valence-corrected chi connectivity index (χ1v) is 16.4. The Morgan fingerprint density at radius 2 is 1.44 bits per heavy atom. The number of carbonyl (C=O) groups excluding carboxylic acids is 2. The second-order valence-corrected chi connectivity index (χ2v) is 12.1. The molecule has 6 rings (SSSR count). The van der Waals surface area contributed by atoms with Crippen LogP contribution in [0.2, 0.25) is 0 Å². The van der Waals surface area contributed by atoms with Gasteiger partial charge in [0.25, 0.3) is 0 Å². The predicted octanol–water partition coefficient (Wildman–Crippen LogP) is 5.03. The van der Waals surface area contributed by atoms with Crippen LogP contribution >= 0.6 is 0 Å². The zero-order valence-corrected chi connectivity index (χ0v) is 27.7. The van der Waals surface area contributed by atoms with Crippen molar-refractivity contribution in [3.05, 3.63) is 162 Å². The van der Waals surface area contributed by atoms with E-state index in [-0.39, 0.29) is 19.5 Å². The molecule has 50 heavy (non-hydrogen) atoms. The number of hydrogen-bond acceptors (Lipinski definition) is 6. The van der Waals surface area contributed by atoms with Crippen LogP contribution in [0.15, 0.2) is 134 Å². The summed E-state index contributed by atoms with van der Waals surface area (Å²) < 4.78 is 7.11. The topological polar surface area (TPSA) is 130 Å². The van der Waals surface area contributed by atoms with E-state index in [1.54, 1.807) is 11.2 Å². The molecule has 0 spiro atoms. The summed E-state index contributed by atoms with van der Waals surface area (Å²) in [5, 5.41) is 13.4. The number of nitrogens with one attached hydrogen (secondary N) is 2. The second kappa shape index (κ2) is 15.5. The highest BCUT2D eigenvalue weighted by molar-refractivity contribution is 5.86. The molecule has 0 saturated carbocycles. The number of carbonyl (C=O) groups is 3. The van der Waals surface area contributed by atoms with E-state index in [4.69, 9.17) is 9.72 Å². The van der Waals surface area contributed by atoms with Crippen LogP contribution in [-0.4, -0.2) is 75.2 Å². The van der Waals surface area contributed by atoms with Gasteiger partial charge >= 0.3 is 11.9 Å². The van der Waals surface area contributed by atoms with Gasteiger partial charge in [0.15, 0.2) is 0 Å². The van der Waals surface area contributed by atoms with Crippen molar-refractivity contribution >= 4 is 28.7 Å². The smallest absolute Gasteiger partial charge is 0.328 e. The highest BCUT2D eigenvalue weighted by Gasteiger charge is 2.38. The molecule has 2 aromatic heterocycles. The Labute approximate surface area is 290 Å². The van der Waals surface area contributed by atoms with Gasteiger partial charge < -0.3 is 24.7 Å². The third-order valence-electron chi connectivity index (χ3n) is 8.93. The highest BCUT2D eigenvalue weighted by Crippen LogP contribution is 2.40. The lowest BCUT2D eigenvalue weighted by atomic mass is 9.77. The van der Waals surface area contributed by atoms with Crippen LogP contribution in [0.5, 0.6) is 0 Å². The van der Waals surface area contributed by atoms with Crippen molar-refractivity contribution < 1.29 is 24.2 Å². The molecule has 254 valence electrons. The molecule has 0 saturated heterocycles. The number of carboxylic acid groups (broad SMARTS) is 1. The lowest BCUT2D eigenvalue weighted by Gasteiger charge is -2.37. The summed E-state index contributed by atoms with van der Waals surface area (Å²) in [5.74, 6) is -2.17. The summed E-state index contributed by atoms with van der Waals surface area (Å²) in [6.07, 6.45) is 6.14. The molecule has 0 fully saturated rings. The molecular formula is C40H39N5O5. The van der Waals surface area contributed by atoms with Crippen molar-refractivity contribution in [1.82, 2.24) is 24.8 Å². The number of amides is 1. The van der Waals surface area contributed by atoms with E-state index in [9.17, 15) is 19.5 Å². The molecule has 0 unspecified atom stereocenters. The SMILES string of the molecule is COC(=O)[C@H](Cc1cn(C(c2ccccc2)(c2ccccc2)c2ccccc2)cn1)NC(=O)CN(CCc1c[nH]c2ccccc12)CC(=O)O. The Morgan fingerprint density at radius 1 is 0.860 bits per heavy atom. The number of rotatable bonds is 15.